The lowest BCUT2D eigenvalue weighted by molar-refractivity contribution is -0.121. The fourth-order valence-electron chi connectivity index (χ4n) is 2.33. The van der Waals surface area contributed by atoms with Gasteiger partial charge in [0.05, 0.1) is 22.7 Å². The molecule has 7 heteroatoms. The third kappa shape index (κ3) is 4.10. The third-order valence-corrected chi connectivity index (χ3v) is 4.00. The molecule has 26 heavy (non-hydrogen) atoms. The van der Waals surface area contributed by atoms with Crippen molar-refractivity contribution in [3.8, 4) is 11.5 Å². The van der Waals surface area contributed by atoms with Crippen LogP contribution in [0.5, 0.6) is 0 Å². The van der Waals surface area contributed by atoms with Crippen molar-refractivity contribution >= 4 is 23.4 Å². The van der Waals surface area contributed by atoms with Crippen LogP contribution in [0.15, 0.2) is 59.0 Å². The minimum absolute atomic E-state index is 0.0228. The number of hydrazine groups is 1. The zero-order valence-corrected chi connectivity index (χ0v) is 14.7. The number of hydrogen-bond donors (Lipinski definition) is 2. The smallest absolute Gasteiger partial charge is 0.271 e. The van der Waals surface area contributed by atoms with Gasteiger partial charge in [-0.2, -0.15) is 0 Å². The lowest BCUT2D eigenvalue weighted by atomic mass is 10.2. The summed E-state index contributed by atoms with van der Waals surface area (Å²) in [6, 6.07) is 16.0. The van der Waals surface area contributed by atoms with Crippen molar-refractivity contribution in [2.24, 2.45) is 0 Å². The van der Waals surface area contributed by atoms with Gasteiger partial charge in [-0.05, 0) is 31.2 Å². The number of hydrogen-bond acceptors (Lipinski definition) is 4. The Morgan fingerprint density at radius 1 is 1.04 bits per heavy atom. The molecule has 2 aromatic carbocycles. The van der Waals surface area contributed by atoms with Gasteiger partial charge in [0.15, 0.2) is 0 Å². The molecule has 0 saturated heterocycles. The van der Waals surface area contributed by atoms with Gasteiger partial charge in [0.2, 0.25) is 11.8 Å². The monoisotopic (exact) mass is 369 g/mol. The zero-order chi connectivity index (χ0) is 18.5. The first-order chi connectivity index (χ1) is 12.5. The second kappa shape index (κ2) is 7.84. The second-order valence-corrected chi connectivity index (χ2v) is 5.95. The fourth-order valence-corrected chi connectivity index (χ4v) is 2.55. The molecule has 1 aromatic heterocycles. The maximum atomic E-state index is 12.1. The molecule has 3 rings (SSSR count). The molecule has 0 aliphatic rings. The standard InChI is InChI=1S/C19H16ClN3O3/c1-12-16(21-19(26-12)13-7-3-2-4-8-13)11-17(24)22-23-18(25)14-9-5-6-10-15(14)20/h2-10H,11H2,1H3,(H,22,24)(H,23,25). The lowest BCUT2D eigenvalue weighted by Crippen LogP contribution is -2.42. The van der Waals surface area contributed by atoms with E-state index >= 15 is 0 Å². The molecule has 2 amide bonds. The molecule has 0 aliphatic carbocycles. The predicted molar refractivity (Wildman–Crippen MR) is 97.4 cm³/mol. The first-order valence-electron chi connectivity index (χ1n) is 7.90. The van der Waals surface area contributed by atoms with Crippen molar-refractivity contribution < 1.29 is 14.0 Å². The molecule has 6 nitrogen and oxygen atoms in total. The summed E-state index contributed by atoms with van der Waals surface area (Å²) in [7, 11) is 0. The molecule has 0 unspecified atom stereocenters. The number of benzene rings is 2. The molecule has 0 spiro atoms. The van der Waals surface area contributed by atoms with E-state index in [-0.39, 0.29) is 12.0 Å². The van der Waals surface area contributed by atoms with Crippen molar-refractivity contribution in [3.63, 3.8) is 0 Å². The Hall–Kier alpha value is -3.12. The normalized spacial score (nSPS) is 10.4. The van der Waals surface area contributed by atoms with Crippen molar-refractivity contribution in [1.29, 1.82) is 0 Å². The van der Waals surface area contributed by atoms with Crippen LogP contribution in [0.1, 0.15) is 21.8 Å². The van der Waals surface area contributed by atoms with E-state index in [1.165, 1.54) is 0 Å². The van der Waals surface area contributed by atoms with Crippen LogP contribution in [0, 0.1) is 6.92 Å². The number of carbonyl (C=O) groups is 2. The van der Waals surface area contributed by atoms with Crippen LogP contribution >= 0.6 is 11.6 Å². The van der Waals surface area contributed by atoms with Gasteiger partial charge in [-0.1, -0.05) is 41.9 Å². The summed E-state index contributed by atoms with van der Waals surface area (Å²) in [6.07, 6.45) is -0.0228. The van der Waals surface area contributed by atoms with Gasteiger partial charge >= 0.3 is 0 Å². The van der Waals surface area contributed by atoms with E-state index in [1.54, 1.807) is 31.2 Å². The highest BCUT2D eigenvalue weighted by molar-refractivity contribution is 6.33. The third-order valence-electron chi connectivity index (χ3n) is 3.68. The number of nitrogens with one attached hydrogen (secondary N) is 2. The Morgan fingerprint density at radius 2 is 1.73 bits per heavy atom. The number of aromatic nitrogens is 1. The summed E-state index contributed by atoms with van der Waals surface area (Å²) >= 11 is 5.95. The minimum atomic E-state index is -0.495. The Kier molecular flexibility index (Phi) is 5.34. The van der Waals surface area contributed by atoms with Crippen LogP contribution in [0.25, 0.3) is 11.5 Å². The molecule has 2 N–H and O–H groups in total. The number of oxazole rings is 1. The summed E-state index contributed by atoms with van der Waals surface area (Å²) in [5.74, 6) is 0.0923. The molecule has 0 radical (unpaired) electrons. The average Bonchev–Trinajstić information content (AvgIpc) is 3.01. The first kappa shape index (κ1) is 17.7. The van der Waals surface area contributed by atoms with Gasteiger partial charge in [-0.3, -0.25) is 20.4 Å². The fraction of sp³-hybridized carbons (Fsp3) is 0.105. The zero-order valence-electron chi connectivity index (χ0n) is 14.0. The van der Waals surface area contributed by atoms with E-state index in [2.05, 4.69) is 15.8 Å². The highest BCUT2D eigenvalue weighted by Crippen LogP contribution is 2.21. The SMILES string of the molecule is Cc1oc(-c2ccccc2)nc1CC(=O)NNC(=O)c1ccccc1Cl. The molecule has 3 aromatic rings. The molecular weight excluding hydrogens is 354 g/mol. The van der Waals surface area contributed by atoms with E-state index in [0.717, 1.165) is 5.56 Å². The van der Waals surface area contributed by atoms with Crippen LogP contribution < -0.4 is 10.9 Å². The second-order valence-electron chi connectivity index (χ2n) is 5.55. The number of aryl methyl sites for hydroxylation is 1. The highest BCUT2D eigenvalue weighted by atomic mass is 35.5. The van der Waals surface area contributed by atoms with E-state index in [9.17, 15) is 9.59 Å². The van der Waals surface area contributed by atoms with Gasteiger partial charge in [0.1, 0.15) is 5.76 Å². The number of rotatable bonds is 4. The summed E-state index contributed by atoms with van der Waals surface area (Å²) in [5, 5.41) is 0.305. The maximum absolute atomic E-state index is 12.1. The summed E-state index contributed by atoms with van der Waals surface area (Å²) in [4.78, 5) is 28.5. The Morgan fingerprint density at radius 3 is 2.46 bits per heavy atom. The molecule has 0 aliphatic heterocycles. The number of nitrogens with zero attached hydrogens (tertiary/aromatic N) is 1. The van der Waals surface area contributed by atoms with Crippen LogP contribution in [0.4, 0.5) is 0 Å². The molecule has 0 fully saturated rings. The van der Waals surface area contributed by atoms with Crippen molar-refractivity contribution in [2.75, 3.05) is 0 Å². The van der Waals surface area contributed by atoms with Gasteiger partial charge in [-0.25, -0.2) is 4.98 Å². The van der Waals surface area contributed by atoms with Gasteiger partial charge in [0, 0.05) is 5.56 Å². The highest BCUT2D eigenvalue weighted by Gasteiger charge is 2.16. The lowest BCUT2D eigenvalue weighted by Gasteiger charge is -2.07. The van der Waals surface area contributed by atoms with Crippen molar-refractivity contribution in [1.82, 2.24) is 15.8 Å². The van der Waals surface area contributed by atoms with E-state index in [0.29, 0.717) is 22.4 Å². The number of halogens is 1. The Balaban J connectivity index is 1.61. The van der Waals surface area contributed by atoms with E-state index in [1.807, 2.05) is 30.3 Å². The largest absolute Gasteiger partial charge is 0.441 e. The van der Waals surface area contributed by atoms with Gasteiger partial charge in [-0.15, -0.1) is 0 Å². The Bertz CT molecular complexity index is 938. The van der Waals surface area contributed by atoms with Crippen LogP contribution in [-0.2, 0) is 11.2 Å². The quantitative estimate of drug-likeness (QED) is 0.691. The summed E-state index contributed by atoms with van der Waals surface area (Å²) in [6.45, 7) is 1.74. The topological polar surface area (TPSA) is 84.2 Å². The number of carbonyl (C=O) groups excluding carboxylic acids is 2. The van der Waals surface area contributed by atoms with Crippen LogP contribution in [0.2, 0.25) is 5.02 Å². The molecule has 1 heterocycles. The Labute approximate surface area is 155 Å². The molecular formula is C19H16ClN3O3. The first-order valence-corrected chi connectivity index (χ1v) is 8.28. The maximum Gasteiger partial charge on any atom is 0.271 e. The van der Waals surface area contributed by atoms with Gasteiger partial charge in [0.25, 0.3) is 5.91 Å². The molecule has 0 saturated carbocycles. The molecule has 0 atom stereocenters. The molecule has 132 valence electrons. The van der Waals surface area contributed by atoms with Crippen molar-refractivity contribution in [2.45, 2.75) is 13.3 Å². The van der Waals surface area contributed by atoms with E-state index < -0.39 is 11.8 Å². The van der Waals surface area contributed by atoms with E-state index in [4.69, 9.17) is 16.0 Å². The minimum Gasteiger partial charge on any atom is -0.441 e. The number of amides is 2. The summed E-state index contributed by atoms with van der Waals surface area (Å²) in [5.41, 5.74) is 6.30. The van der Waals surface area contributed by atoms with Crippen LogP contribution in [0.3, 0.4) is 0 Å². The molecule has 0 bridgehead atoms. The average molecular weight is 370 g/mol. The van der Waals surface area contributed by atoms with Gasteiger partial charge < -0.3 is 4.42 Å². The predicted octanol–water partition coefficient (Wildman–Crippen LogP) is 3.31. The van der Waals surface area contributed by atoms with Crippen molar-refractivity contribution in [3.05, 3.63) is 76.6 Å². The summed E-state index contributed by atoms with van der Waals surface area (Å²) < 4.78 is 5.62. The van der Waals surface area contributed by atoms with Crippen LogP contribution in [-0.4, -0.2) is 16.8 Å².